The second kappa shape index (κ2) is 7.33. The molecule has 3 rings (SSSR count). The third-order valence-electron chi connectivity index (χ3n) is 4.07. The van der Waals surface area contributed by atoms with E-state index in [1.807, 2.05) is 0 Å². The summed E-state index contributed by atoms with van der Waals surface area (Å²) in [5, 5.41) is 9.27. The van der Waals surface area contributed by atoms with Crippen LogP contribution in [0.1, 0.15) is 29.1 Å². The number of carbonyl (C=O) groups is 2. The van der Waals surface area contributed by atoms with Gasteiger partial charge in [0.1, 0.15) is 11.6 Å². The summed E-state index contributed by atoms with van der Waals surface area (Å²) in [4.78, 5) is 26.0. The van der Waals surface area contributed by atoms with E-state index >= 15 is 0 Å². The molecule has 1 aliphatic rings. The summed E-state index contributed by atoms with van der Waals surface area (Å²) in [5.74, 6) is 0.0775. The fraction of sp³-hybridized carbons (Fsp3) is 0.353. The molecule has 0 bridgehead atoms. The number of aryl methyl sites for hydroxylation is 1. The molecule has 3 amide bonds. The third kappa shape index (κ3) is 4.34. The maximum Gasteiger partial charge on any atom is 0.319 e. The lowest BCUT2D eigenvalue weighted by atomic mass is 10.0. The molecule has 0 spiro atoms. The van der Waals surface area contributed by atoms with E-state index in [-0.39, 0.29) is 23.8 Å². The maximum absolute atomic E-state index is 12.9. The first-order valence-corrected chi connectivity index (χ1v) is 8.07. The van der Waals surface area contributed by atoms with Crippen LogP contribution in [0.5, 0.6) is 0 Å². The molecular formula is C17H19FN4O3. The summed E-state index contributed by atoms with van der Waals surface area (Å²) >= 11 is 0. The number of aromatic nitrogens is 1. The lowest BCUT2D eigenvalue weighted by Crippen LogP contribution is -2.47. The van der Waals surface area contributed by atoms with E-state index in [0.717, 1.165) is 0 Å². The molecule has 2 heterocycles. The molecule has 7 nitrogen and oxygen atoms in total. The Kier molecular flexibility index (Phi) is 4.97. The van der Waals surface area contributed by atoms with E-state index in [9.17, 15) is 14.0 Å². The summed E-state index contributed by atoms with van der Waals surface area (Å²) < 4.78 is 17.8. The summed E-state index contributed by atoms with van der Waals surface area (Å²) in [6.45, 7) is 2.80. The van der Waals surface area contributed by atoms with Crippen LogP contribution in [0.2, 0.25) is 0 Å². The zero-order valence-electron chi connectivity index (χ0n) is 13.8. The van der Waals surface area contributed by atoms with Crippen molar-refractivity contribution in [3.63, 3.8) is 0 Å². The van der Waals surface area contributed by atoms with Gasteiger partial charge in [0.15, 0.2) is 5.69 Å². The van der Waals surface area contributed by atoms with Gasteiger partial charge in [0, 0.05) is 30.9 Å². The zero-order valence-corrected chi connectivity index (χ0v) is 13.8. The average Bonchev–Trinajstić information content (AvgIpc) is 3.03. The third-order valence-corrected chi connectivity index (χ3v) is 4.07. The highest BCUT2D eigenvalue weighted by Gasteiger charge is 2.26. The number of piperidine rings is 1. The fourth-order valence-electron chi connectivity index (χ4n) is 2.74. The van der Waals surface area contributed by atoms with Gasteiger partial charge in [-0.2, -0.15) is 0 Å². The van der Waals surface area contributed by atoms with E-state index in [0.29, 0.717) is 43.1 Å². The van der Waals surface area contributed by atoms with E-state index in [1.54, 1.807) is 17.9 Å². The molecule has 25 heavy (non-hydrogen) atoms. The summed E-state index contributed by atoms with van der Waals surface area (Å²) in [7, 11) is 0. The van der Waals surface area contributed by atoms with Crippen molar-refractivity contribution in [3.8, 4) is 0 Å². The Balaban J connectivity index is 1.46. The molecule has 132 valence electrons. The second-order valence-corrected chi connectivity index (χ2v) is 5.99. The molecule has 1 aliphatic heterocycles. The zero-order chi connectivity index (χ0) is 17.8. The molecule has 1 aromatic carbocycles. The molecule has 2 N–H and O–H groups in total. The normalized spacial score (nSPS) is 15.0. The van der Waals surface area contributed by atoms with Crippen molar-refractivity contribution in [1.29, 1.82) is 0 Å². The van der Waals surface area contributed by atoms with Crippen molar-refractivity contribution in [1.82, 2.24) is 15.4 Å². The molecule has 0 atom stereocenters. The SMILES string of the molecule is Cc1cc(C(=O)N2CCC(NC(=O)Nc3ccc(F)cc3)CC2)no1. The number of carbonyl (C=O) groups excluding carboxylic acids is 2. The molecule has 1 fully saturated rings. The largest absolute Gasteiger partial charge is 0.361 e. The quantitative estimate of drug-likeness (QED) is 0.894. The number of benzene rings is 1. The van der Waals surface area contributed by atoms with Crippen molar-refractivity contribution in [3.05, 3.63) is 47.6 Å². The molecule has 1 saturated heterocycles. The van der Waals surface area contributed by atoms with Crippen LogP contribution in [0.4, 0.5) is 14.9 Å². The molecule has 0 aliphatic carbocycles. The van der Waals surface area contributed by atoms with Crippen LogP contribution in [0.3, 0.4) is 0 Å². The van der Waals surface area contributed by atoms with Gasteiger partial charge in [-0.15, -0.1) is 0 Å². The number of halogens is 1. The van der Waals surface area contributed by atoms with Crippen LogP contribution in [0, 0.1) is 12.7 Å². The van der Waals surface area contributed by atoms with Gasteiger partial charge in [0.25, 0.3) is 5.91 Å². The lowest BCUT2D eigenvalue weighted by Gasteiger charge is -2.31. The van der Waals surface area contributed by atoms with Crippen LogP contribution in [-0.4, -0.2) is 41.1 Å². The molecule has 2 aromatic rings. The second-order valence-electron chi connectivity index (χ2n) is 5.99. The topological polar surface area (TPSA) is 87.5 Å². The minimum absolute atomic E-state index is 0.0245. The molecule has 8 heteroatoms. The highest BCUT2D eigenvalue weighted by molar-refractivity contribution is 5.92. The number of urea groups is 1. The first-order valence-electron chi connectivity index (χ1n) is 8.07. The van der Waals surface area contributed by atoms with Gasteiger partial charge in [0.05, 0.1) is 0 Å². The van der Waals surface area contributed by atoms with Crippen molar-refractivity contribution in [2.45, 2.75) is 25.8 Å². The average molecular weight is 346 g/mol. The van der Waals surface area contributed by atoms with E-state index in [4.69, 9.17) is 4.52 Å². The Morgan fingerprint density at radius 1 is 1.24 bits per heavy atom. The van der Waals surface area contributed by atoms with Gasteiger partial charge in [-0.3, -0.25) is 4.79 Å². The summed E-state index contributed by atoms with van der Waals surface area (Å²) in [6.07, 6.45) is 1.30. The molecule has 0 radical (unpaired) electrons. The van der Waals surface area contributed by atoms with Gasteiger partial charge in [0.2, 0.25) is 0 Å². The fourth-order valence-corrected chi connectivity index (χ4v) is 2.74. The van der Waals surface area contributed by atoms with E-state index < -0.39 is 0 Å². The smallest absolute Gasteiger partial charge is 0.319 e. The van der Waals surface area contributed by atoms with Gasteiger partial charge in [-0.05, 0) is 44.0 Å². The van der Waals surface area contributed by atoms with Crippen LogP contribution < -0.4 is 10.6 Å². The Morgan fingerprint density at radius 3 is 2.52 bits per heavy atom. The Hall–Kier alpha value is -2.90. The van der Waals surface area contributed by atoms with Crippen LogP contribution in [0.25, 0.3) is 0 Å². The first-order chi connectivity index (χ1) is 12.0. The summed E-state index contributed by atoms with van der Waals surface area (Å²) in [6, 6.07) is 6.80. The standard InChI is InChI=1S/C17H19FN4O3/c1-11-10-15(21-25-11)16(23)22-8-6-14(7-9-22)20-17(24)19-13-4-2-12(18)3-5-13/h2-5,10,14H,6-9H2,1H3,(H2,19,20,24). The molecule has 1 aromatic heterocycles. The number of likely N-dealkylation sites (tertiary alicyclic amines) is 1. The number of nitrogens with zero attached hydrogens (tertiary/aromatic N) is 2. The van der Waals surface area contributed by atoms with E-state index in [1.165, 1.54) is 24.3 Å². The van der Waals surface area contributed by atoms with Gasteiger partial charge in [-0.25, -0.2) is 9.18 Å². The Bertz CT molecular complexity index is 752. The molecule has 0 saturated carbocycles. The predicted octanol–water partition coefficient (Wildman–Crippen LogP) is 2.55. The highest BCUT2D eigenvalue weighted by Crippen LogP contribution is 2.15. The van der Waals surface area contributed by atoms with E-state index in [2.05, 4.69) is 15.8 Å². The van der Waals surface area contributed by atoms with Gasteiger partial charge < -0.3 is 20.1 Å². The van der Waals surface area contributed by atoms with Gasteiger partial charge in [-0.1, -0.05) is 5.16 Å². The van der Waals surface area contributed by atoms with Crippen LogP contribution >= 0.6 is 0 Å². The number of anilines is 1. The Morgan fingerprint density at radius 2 is 1.92 bits per heavy atom. The highest BCUT2D eigenvalue weighted by atomic mass is 19.1. The number of nitrogens with one attached hydrogen (secondary N) is 2. The monoisotopic (exact) mass is 346 g/mol. The minimum atomic E-state index is -0.356. The van der Waals surface area contributed by atoms with Gasteiger partial charge >= 0.3 is 6.03 Å². The predicted molar refractivity (Wildman–Crippen MR) is 88.7 cm³/mol. The molecule has 0 unspecified atom stereocenters. The van der Waals surface area contributed by atoms with Crippen molar-refractivity contribution in [2.75, 3.05) is 18.4 Å². The maximum atomic E-state index is 12.9. The number of amides is 3. The minimum Gasteiger partial charge on any atom is -0.361 e. The number of hydrogen-bond acceptors (Lipinski definition) is 4. The van der Waals surface area contributed by atoms with Crippen LogP contribution in [-0.2, 0) is 0 Å². The van der Waals surface area contributed by atoms with Crippen LogP contribution in [0.15, 0.2) is 34.9 Å². The molecular weight excluding hydrogens is 327 g/mol. The van der Waals surface area contributed by atoms with Crippen molar-refractivity contribution >= 4 is 17.6 Å². The summed E-state index contributed by atoms with van der Waals surface area (Å²) in [5.41, 5.74) is 0.825. The lowest BCUT2D eigenvalue weighted by molar-refractivity contribution is 0.0698. The number of rotatable bonds is 3. The number of hydrogen-bond donors (Lipinski definition) is 2. The first kappa shape index (κ1) is 16.9. The Labute approximate surface area is 144 Å². The van der Waals surface area contributed by atoms with Crippen molar-refractivity contribution in [2.24, 2.45) is 0 Å². The van der Waals surface area contributed by atoms with Crippen molar-refractivity contribution < 1.29 is 18.5 Å².